The number of aromatic nitrogens is 1. The minimum atomic E-state index is -0.358. The van der Waals surface area contributed by atoms with Gasteiger partial charge in [0.1, 0.15) is 0 Å². The fourth-order valence-corrected chi connectivity index (χ4v) is 1.92. The highest BCUT2D eigenvalue weighted by Crippen LogP contribution is 2.02. The van der Waals surface area contributed by atoms with Crippen LogP contribution in [-0.4, -0.2) is 36.1 Å². The third-order valence-electron chi connectivity index (χ3n) is 2.21. The first-order valence-electron chi connectivity index (χ1n) is 5.70. The second-order valence-electron chi connectivity index (χ2n) is 3.57. The quantitative estimate of drug-likeness (QED) is 0.442. The molecule has 1 rings (SSSR count). The second kappa shape index (κ2) is 8.72. The monoisotopic (exact) mass is 266 g/mol. The number of ether oxygens (including phenoxy) is 1. The zero-order valence-electron chi connectivity index (χ0n) is 10.5. The normalized spacial score (nSPS) is 10.1. The maximum Gasteiger partial charge on any atom is 0.339 e. The van der Waals surface area contributed by atoms with E-state index in [4.69, 9.17) is 0 Å². The van der Waals surface area contributed by atoms with E-state index in [1.165, 1.54) is 13.3 Å². The molecule has 1 heterocycles. The molecule has 0 atom stereocenters. The van der Waals surface area contributed by atoms with Crippen LogP contribution in [0, 0.1) is 0 Å². The number of carbonyl (C=O) groups is 1. The van der Waals surface area contributed by atoms with E-state index < -0.39 is 0 Å². The molecule has 0 unspecified atom stereocenters. The Bertz CT molecular complexity index is 379. The molecule has 0 aliphatic carbocycles. The predicted molar refractivity (Wildman–Crippen MR) is 74.8 cm³/mol. The Morgan fingerprint density at radius 3 is 3.06 bits per heavy atom. The minimum Gasteiger partial charge on any atom is -0.465 e. The van der Waals surface area contributed by atoms with Crippen LogP contribution in [0.4, 0.5) is 0 Å². The van der Waals surface area contributed by atoms with E-state index in [9.17, 15) is 4.79 Å². The third kappa shape index (κ3) is 5.33. The van der Waals surface area contributed by atoms with Crippen LogP contribution in [0.1, 0.15) is 16.1 Å². The van der Waals surface area contributed by atoms with Crippen molar-refractivity contribution < 1.29 is 9.53 Å². The van der Waals surface area contributed by atoms with Gasteiger partial charge in [0.15, 0.2) is 0 Å². The van der Waals surface area contributed by atoms with E-state index in [1.54, 1.807) is 6.07 Å². The molecule has 98 valence electrons. The molecule has 4 nitrogen and oxygen atoms in total. The average molecular weight is 266 g/mol. The van der Waals surface area contributed by atoms with Gasteiger partial charge in [0, 0.05) is 30.8 Å². The van der Waals surface area contributed by atoms with Gasteiger partial charge in [-0.2, -0.15) is 11.8 Å². The highest BCUT2D eigenvalue weighted by molar-refractivity contribution is 7.99. The number of carbonyl (C=O) groups excluding carboxylic acids is 1. The lowest BCUT2D eigenvalue weighted by Gasteiger charge is -2.04. The van der Waals surface area contributed by atoms with Gasteiger partial charge in [0.05, 0.1) is 18.4 Å². The largest absolute Gasteiger partial charge is 0.465 e. The smallest absolute Gasteiger partial charge is 0.339 e. The number of hydrogen-bond donors (Lipinski definition) is 1. The SMILES string of the molecule is C=CCSCCNCc1ccc(C(=O)OC)cn1. The fraction of sp³-hybridized carbons (Fsp3) is 0.385. The van der Waals surface area contributed by atoms with Crippen molar-refractivity contribution in [3.8, 4) is 0 Å². The van der Waals surface area contributed by atoms with Crippen molar-refractivity contribution in [1.29, 1.82) is 0 Å². The lowest BCUT2D eigenvalue weighted by molar-refractivity contribution is 0.0600. The van der Waals surface area contributed by atoms with Crippen LogP contribution >= 0.6 is 11.8 Å². The molecule has 1 aromatic heterocycles. The summed E-state index contributed by atoms with van der Waals surface area (Å²) < 4.78 is 4.61. The molecule has 0 saturated carbocycles. The molecular formula is C13H18N2O2S. The van der Waals surface area contributed by atoms with Gasteiger partial charge >= 0.3 is 5.97 Å². The summed E-state index contributed by atoms with van der Waals surface area (Å²) in [5, 5.41) is 3.29. The molecule has 0 aliphatic heterocycles. The molecule has 0 aliphatic rings. The number of hydrogen-bond acceptors (Lipinski definition) is 5. The molecule has 5 heteroatoms. The number of methoxy groups -OCH3 is 1. The molecule has 0 amide bonds. The number of rotatable bonds is 8. The van der Waals surface area contributed by atoms with Crippen molar-refractivity contribution in [2.24, 2.45) is 0 Å². The Kier molecular flexibility index (Phi) is 7.13. The zero-order valence-corrected chi connectivity index (χ0v) is 11.3. The Hall–Kier alpha value is -1.33. The van der Waals surface area contributed by atoms with Crippen LogP contribution in [0.25, 0.3) is 0 Å². The van der Waals surface area contributed by atoms with Crippen LogP contribution in [0.15, 0.2) is 31.0 Å². The van der Waals surface area contributed by atoms with E-state index in [2.05, 4.69) is 21.6 Å². The van der Waals surface area contributed by atoms with E-state index in [0.717, 1.165) is 23.7 Å². The van der Waals surface area contributed by atoms with Crippen molar-refractivity contribution >= 4 is 17.7 Å². The van der Waals surface area contributed by atoms with Crippen molar-refractivity contribution in [1.82, 2.24) is 10.3 Å². The summed E-state index contributed by atoms with van der Waals surface area (Å²) in [5.74, 6) is 1.67. The van der Waals surface area contributed by atoms with Crippen molar-refractivity contribution in [3.63, 3.8) is 0 Å². The van der Waals surface area contributed by atoms with Gasteiger partial charge in [-0.15, -0.1) is 6.58 Å². The topological polar surface area (TPSA) is 51.2 Å². The van der Waals surface area contributed by atoms with Crippen molar-refractivity contribution in [2.45, 2.75) is 6.54 Å². The molecule has 0 radical (unpaired) electrons. The zero-order chi connectivity index (χ0) is 13.2. The molecular weight excluding hydrogens is 248 g/mol. The van der Waals surface area contributed by atoms with Crippen LogP contribution in [0.2, 0.25) is 0 Å². The molecule has 0 spiro atoms. The second-order valence-corrected chi connectivity index (χ2v) is 4.72. The van der Waals surface area contributed by atoms with E-state index >= 15 is 0 Å². The maximum absolute atomic E-state index is 11.2. The van der Waals surface area contributed by atoms with Crippen LogP contribution in [0.5, 0.6) is 0 Å². The van der Waals surface area contributed by atoms with E-state index in [0.29, 0.717) is 12.1 Å². The van der Waals surface area contributed by atoms with Crippen LogP contribution in [-0.2, 0) is 11.3 Å². The first-order chi connectivity index (χ1) is 8.77. The molecule has 0 fully saturated rings. The molecule has 1 aromatic rings. The highest BCUT2D eigenvalue weighted by Gasteiger charge is 2.04. The lowest BCUT2D eigenvalue weighted by atomic mass is 10.2. The summed E-state index contributed by atoms with van der Waals surface area (Å²) in [7, 11) is 1.36. The summed E-state index contributed by atoms with van der Waals surface area (Å²) in [5.41, 5.74) is 1.39. The Balaban J connectivity index is 2.26. The summed E-state index contributed by atoms with van der Waals surface area (Å²) in [6.07, 6.45) is 3.44. The van der Waals surface area contributed by atoms with Crippen LogP contribution < -0.4 is 5.32 Å². The summed E-state index contributed by atoms with van der Waals surface area (Å²) >= 11 is 1.84. The van der Waals surface area contributed by atoms with Gasteiger partial charge in [0.2, 0.25) is 0 Å². The van der Waals surface area contributed by atoms with Gasteiger partial charge in [-0.25, -0.2) is 4.79 Å². The Morgan fingerprint density at radius 1 is 1.61 bits per heavy atom. The molecule has 0 saturated heterocycles. The number of esters is 1. The van der Waals surface area contributed by atoms with Gasteiger partial charge in [-0.3, -0.25) is 4.98 Å². The van der Waals surface area contributed by atoms with Gasteiger partial charge in [-0.05, 0) is 12.1 Å². The first kappa shape index (κ1) is 14.7. The van der Waals surface area contributed by atoms with Gasteiger partial charge in [-0.1, -0.05) is 6.08 Å². The third-order valence-corrected chi connectivity index (χ3v) is 3.18. The maximum atomic E-state index is 11.2. The van der Waals surface area contributed by atoms with E-state index in [1.807, 2.05) is 23.9 Å². The molecule has 18 heavy (non-hydrogen) atoms. The van der Waals surface area contributed by atoms with E-state index in [-0.39, 0.29) is 5.97 Å². The van der Waals surface area contributed by atoms with Gasteiger partial charge in [0.25, 0.3) is 0 Å². The fourth-order valence-electron chi connectivity index (χ4n) is 1.30. The Morgan fingerprint density at radius 2 is 2.44 bits per heavy atom. The van der Waals surface area contributed by atoms with Crippen LogP contribution in [0.3, 0.4) is 0 Å². The first-order valence-corrected chi connectivity index (χ1v) is 6.86. The number of pyridine rings is 1. The predicted octanol–water partition coefficient (Wildman–Crippen LogP) is 1.88. The summed E-state index contributed by atoms with van der Waals surface area (Å²) in [6.45, 7) is 5.30. The Labute approximate surface area is 112 Å². The molecule has 0 bridgehead atoms. The molecule has 1 N–H and O–H groups in total. The van der Waals surface area contributed by atoms with Crippen molar-refractivity contribution in [3.05, 3.63) is 42.2 Å². The van der Waals surface area contributed by atoms with Crippen molar-refractivity contribution in [2.75, 3.05) is 25.2 Å². The standard InChI is InChI=1S/C13H18N2O2S/c1-3-7-18-8-6-14-10-12-5-4-11(9-15-12)13(16)17-2/h3-5,9,14H,1,6-8,10H2,2H3. The number of nitrogens with one attached hydrogen (secondary N) is 1. The minimum absolute atomic E-state index is 0.358. The average Bonchev–Trinajstić information content (AvgIpc) is 2.42. The highest BCUT2D eigenvalue weighted by atomic mass is 32.2. The summed E-state index contributed by atoms with van der Waals surface area (Å²) in [6, 6.07) is 3.55. The molecule has 0 aromatic carbocycles. The number of nitrogens with zero attached hydrogens (tertiary/aromatic N) is 1. The lowest BCUT2D eigenvalue weighted by Crippen LogP contribution is -2.17. The number of thioether (sulfide) groups is 1. The van der Waals surface area contributed by atoms with Gasteiger partial charge < -0.3 is 10.1 Å². The summed E-state index contributed by atoms with van der Waals surface area (Å²) in [4.78, 5) is 15.4.